The molecule has 18 heavy (non-hydrogen) atoms. The topological polar surface area (TPSA) is 12.0 Å². The van der Waals surface area contributed by atoms with Crippen LogP contribution < -0.4 is 5.32 Å². The second-order valence-electron chi connectivity index (χ2n) is 4.50. The smallest absolute Gasteiger partial charge is 0.123 e. The molecule has 1 aromatic carbocycles. The van der Waals surface area contributed by atoms with Crippen molar-refractivity contribution >= 4 is 11.8 Å². The Bertz CT molecular complexity index is 313. The highest BCUT2D eigenvalue weighted by Gasteiger charge is 2.04. The van der Waals surface area contributed by atoms with E-state index in [1.165, 1.54) is 37.8 Å². The number of rotatable bonds is 9. The van der Waals surface area contributed by atoms with E-state index < -0.39 is 0 Å². The van der Waals surface area contributed by atoms with Gasteiger partial charge in [0.25, 0.3) is 0 Å². The highest BCUT2D eigenvalue weighted by atomic mass is 32.2. The number of hydrogen-bond acceptors (Lipinski definition) is 2. The van der Waals surface area contributed by atoms with E-state index in [2.05, 4.69) is 19.2 Å². The fourth-order valence-corrected chi connectivity index (χ4v) is 2.72. The standard InChI is InChI=1S/C15H24FNS/c1-3-11-17-14(4-2)6-5-12-18-15-9-7-13(16)8-10-15/h7-10,14,17H,3-6,11-12H2,1-2H3. The minimum atomic E-state index is -0.158. The lowest BCUT2D eigenvalue weighted by Crippen LogP contribution is -2.29. The van der Waals surface area contributed by atoms with Crippen LogP contribution in [0.15, 0.2) is 29.2 Å². The Morgan fingerprint density at radius 1 is 1.22 bits per heavy atom. The molecule has 0 amide bonds. The van der Waals surface area contributed by atoms with Crippen LogP contribution in [0.3, 0.4) is 0 Å². The Morgan fingerprint density at radius 3 is 2.56 bits per heavy atom. The minimum Gasteiger partial charge on any atom is -0.314 e. The number of nitrogens with one attached hydrogen (secondary N) is 1. The predicted octanol–water partition coefficient (Wildman–Crippen LogP) is 4.48. The maximum atomic E-state index is 12.7. The van der Waals surface area contributed by atoms with Gasteiger partial charge in [-0.3, -0.25) is 0 Å². The molecular weight excluding hydrogens is 245 g/mol. The Balaban J connectivity index is 2.15. The minimum absolute atomic E-state index is 0.158. The van der Waals surface area contributed by atoms with Gasteiger partial charge >= 0.3 is 0 Å². The van der Waals surface area contributed by atoms with E-state index in [4.69, 9.17) is 0 Å². The molecule has 0 fully saturated rings. The highest BCUT2D eigenvalue weighted by Crippen LogP contribution is 2.20. The molecule has 1 unspecified atom stereocenters. The van der Waals surface area contributed by atoms with Crippen molar-refractivity contribution < 1.29 is 4.39 Å². The van der Waals surface area contributed by atoms with Crippen LogP contribution in [0.2, 0.25) is 0 Å². The monoisotopic (exact) mass is 269 g/mol. The van der Waals surface area contributed by atoms with Crippen LogP contribution in [0.1, 0.15) is 39.5 Å². The molecule has 0 aliphatic heterocycles. The lowest BCUT2D eigenvalue weighted by Gasteiger charge is -2.16. The summed E-state index contributed by atoms with van der Waals surface area (Å²) in [6.45, 7) is 5.55. The number of halogens is 1. The Kier molecular flexibility index (Phi) is 8.10. The zero-order chi connectivity index (χ0) is 13.2. The van der Waals surface area contributed by atoms with E-state index in [9.17, 15) is 4.39 Å². The molecule has 1 N–H and O–H groups in total. The largest absolute Gasteiger partial charge is 0.314 e. The maximum absolute atomic E-state index is 12.7. The van der Waals surface area contributed by atoms with Gasteiger partial charge in [-0.25, -0.2) is 4.39 Å². The summed E-state index contributed by atoms with van der Waals surface area (Å²) < 4.78 is 12.7. The van der Waals surface area contributed by atoms with Crippen molar-refractivity contribution in [1.82, 2.24) is 5.32 Å². The second kappa shape index (κ2) is 9.40. The quantitative estimate of drug-likeness (QED) is 0.524. The van der Waals surface area contributed by atoms with E-state index in [0.29, 0.717) is 6.04 Å². The molecule has 1 aromatic rings. The molecule has 0 heterocycles. The molecule has 102 valence electrons. The van der Waals surface area contributed by atoms with Gasteiger partial charge in [-0.1, -0.05) is 13.8 Å². The van der Waals surface area contributed by atoms with Crippen molar-refractivity contribution in [2.45, 2.75) is 50.5 Å². The van der Waals surface area contributed by atoms with Crippen molar-refractivity contribution in [3.63, 3.8) is 0 Å². The summed E-state index contributed by atoms with van der Waals surface area (Å²) in [7, 11) is 0. The van der Waals surface area contributed by atoms with Crippen molar-refractivity contribution in [3.05, 3.63) is 30.1 Å². The highest BCUT2D eigenvalue weighted by molar-refractivity contribution is 7.99. The fraction of sp³-hybridized carbons (Fsp3) is 0.600. The van der Waals surface area contributed by atoms with Crippen LogP contribution in [0.5, 0.6) is 0 Å². The average molecular weight is 269 g/mol. The van der Waals surface area contributed by atoms with Gasteiger partial charge in [0.2, 0.25) is 0 Å². The van der Waals surface area contributed by atoms with Gasteiger partial charge in [-0.2, -0.15) is 0 Å². The summed E-state index contributed by atoms with van der Waals surface area (Å²) in [6.07, 6.45) is 4.82. The Hall–Kier alpha value is -0.540. The van der Waals surface area contributed by atoms with E-state index in [-0.39, 0.29) is 5.82 Å². The molecule has 1 rings (SSSR count). The Labute approximate surface area is 115 Å². The lowest BCUT2D eigenvalue weighted by atomic mass is 10.1. The zero-order valence-corrected chi connectivity index (χ0v) is 12.2. The second-order valence-corrected chi connectivity index (χ2v) is 5.67. The van der Waals surface area contributed by atoms with Gasteiger partial charge in [0, 0.05) is 10.9 Å². The van der Waals surface area contributed by atoms with Crippen molar-refractivity contribution in [2.75, 3.05) is 12.3 Å². The maximum Gasteiger partial charge on any atom is 0.123 e. The molecule has 0 radical (unpaired) electrons. The number of hydrogen-bond donors (Lipinski definition) is 1. The molecule has 0 spiro atoms. The number of thioether (sulfide) groups is 1. The molecule has 0 bridgehead atoms. The first-order chi connectivity index (χ1) is 8.76. The molecule has 3 heteroatoms. The summed E-state index contributed by atoms with van der Waals surface area (Å²) in [4.78, 5) is 1.16. The summed E-state index contributed by atoms with van der Waals surface area (Å²) >= 11 is 1.81. The Morgan fingerprint density at radius 2 is 1.94 bits per heavy atom. The van der Waals surface area contributed by atoms with E-state index >= 15 is 0 Å². The SMILES string of the molecule is CCCNC(CC)CCCSc1ccc(F)cc1. The molecule has 1 nitrogen and oxygen atoms in total. The van der Waals surface area contributed by atoms with E-state index in [0.717, 1.165) is 17.2 Å². The molecule has 1 atom stereocenters. The first-order valence-corrected chi connectivity index (χ1v) is 7.86. The lowest BCUT2D eigenvalue weighted by molar-refractivity contribution is 0.465. The molecule has 0 aliphatic rings. The van der Waals surface area contributed by atoms with Crippen LogP contribution in [-0.4, -0.2) is 18.3 Å². The van der Waals surface area contributed by atoms with E-state index in [1.807, 2.05) is 23.9 Å². The van der Waals surface area contributed by atoms with Crippen molar-refractivity contribution in [3.8, 4) is 0 Å². The van der Waals surface area contributed by atoms with Crippen LogP contribution in [0, 0.1) is 5.82 Å². The van der Waals surface area contributed by atoms with Gasteiger partial charge < -0.3 is 5.32 Å². The fourth-order valence-electron chi connectivity index (χ4n) is 1.85. The third-order valence-corrected chi connectivity index (χ3v) is 4.05. The first kappa shape index (κ1) is 15.5. The molecule has 0 saturated heterocycles. The normalized spacial score (nSPS) is 12.6. The third kappa shape index (κ3) is 6.41. The van der Waals surface area contributed by atoms with Crippen molar-refractivity contribution in [2.24, 2.45) is 0 Å². The molecule has 0 saturated carbocycles. The molecular formula is C15H24FNS. The predicted molar refractivity (Wildman–Crippen MR) is 78.7 cm³/mol. The van der Waals surface area contributed by atoms with Crippen molar-refractivity contribution in [1.29, 1.82) is 0 Å². The van der Waals surface area contributed by atoms with Crippen LogP contribution in [0.4, 0.5) is 4.39 Å². The third-order valence-electron chi connectivity index (χ3n) is 2.96. The summed E-state index contributed by atoms with van der Waals surface area (Å²) in [5, 5.41) is 3.57. The van der Waals surface area contributed by atoms with Gasteiger partial charge in [-0.05, 0) is 62.2 Å². The molecule has 0 aliphatic carbocycles. The van der Waals surface area contributed by atoms with Crippen LogP contribution >= 0.6 is 11.8 Å². The zero-order valence-electron chi connectivity index (χ0n) is 11.4. The summed E-state index contributed by atoms with van der Waals surface area (Å²) in [5.74, 6) is 0.949. The van der Waals surface area contributed by atoms with Gasteiger partial charge in [-0.15, -0.1) is 11.8 Å². The van der Waals surface area contributed by atoms with E-state index in [1.54, 1.807) is 0 Å². The molecule has 0 aromatic heterocycles. The van der Waals surface area contributed by atoms with Gasteiger partial charge in [0.05, 0.1) is 0 Å². The average Bonchev–Trinajstić information content (AvgIpc) is 2.40. The number of benzene rings is 1. The summed E-state index contributed by atoms with van der Waals surface area (Å²) in [5.41, 5.74) is 0. The summed E-state index contributed by atoms with van der Waals surface area (Å²) in [6, 6.07) is 7.41. The first-order valence-electron chi connectivity index (χ1n) is 6.88. The van der Waals surface area contributed by atoms with Crippen LogP contribution in [-0.2, 0) is 0 Å². The van der Waals surface area contributed by atoms with Crippen LogP contribution in [0.25, 0.3) is 0 Å². The van der Waals surface area contributed by atoms with Gasteiger partial charge in [0.1, 0.15) is 5.82 Å². The van der Waals surface area contributed by atoms with Gasteiger partial charge in [0.15, 0.2) is 0 Å².